The minimum Gasteiger partial charge on any atom is -0.488 e. The maximum Gasteiger partial charge on any atom is 0.120 e. The molecule has 0 aliphatic carbocycles. The zero-order valence-electron chi connectivity index (χ0n) is 12.8. The van der Waals surface area contributed by atoms with Gasteiger partial charge in [0.25, 0.3) is 0 Å². The normalized spacial score (nSPS) is 12.5. The summed E-state index contributed by atoms with van der Waals surface area (Å²) in [4.78, 5) is 0. The van der Waals surface area contributed by atoms with Crippen LogP contribution in [0, 0.1) is 6.92 Å². The van der Waals surface area contributed by atoms with Crippen molar-refractivity contribution >= 4 is 0 Å². The second kappa shape index (κ2) is 6.40. The first-order chi connectivity index (χ1) is 8.74. The van der Waals surface area contributed by atoms with Gasteiger partial charge in [0.05, 0.1) is 12.2 Å². The summed E-state index contributed by atoms with van der Waals surface area (Å²) in [5.74, 6) is 0.897. The van der Waals surface area contributed by atoms with Gasteiger partial charge in [-0.2, -0.15) is 0 Å². The van der Waals surface area contributed by atoms with E-state index in [0.29, 0.717) is 13.2 Å². The first-order valence-corrected chi connectivity index (χ1v) is 6.84. The van der Waals surface area contributed by atoms with Crippen LogP contribution in [0.25, 0.3) is 0 Å². The fraction of sp³-hybridized carbons (Fsp3) is 0.625. The van der Waals surface area contributed by atoms with E-state index in [4.69, 9.17) is 15.2 Å². The van der Waals surface area contributed by atoms with Crippen LogP contribution in [0.4, 0.5) is 0 Å². The molecule has 0 aliphatic rings. The Bertz CT molecular complexity index is 382. The van der Waals surface area contributed by atoms with Gasteiger partial charge >= 0.3 is 0 Å². The summed E-state index contributed by atoms with van der Waals surface area (Å²) in [5, 5.41) is 0. The Morgan fingerprint density at radius 3 is 2.11 bits per heavy atom. The molecule has 19 heavy (non-hydrogen) atoms. The second-order valence-electron chi connectivity index (χ2n) is 6.24. The summed E-state index contributed by atoms with van der Waals surface area (Å²) in [5.41, 5.74) is 6.36. The molecule has 1 aromatic rings. The second-order valence-corrected chi connectivity index (χ2v) is 6.24. The summed E-state index contributed by atoms with van der Waals surface area (Å²) in [7, 11) is 0. The highest BCUT2D eigenvalue weighted by Gasteiger charge is 2.22. The van der Waals surface area contributed by atoms with Crippen LogP contribution in [0.5, 0.6) is 5.75 Å². The third-order valence-electron chi connectivity index (χ3n) is 3.10. The monoisotopic (exact) mass is 265 g/mol. The van der Waals surface area contributed by atoms with E-state index >= 15 is 0 Å². The molecule has 0 amide bonds. The average molecular weight is 265 g/mol. The lowest BCUT2D eigenvalue weighted by Crippen LogP contribution is -2.37. The van der Waals surface area contributed by atoms with E-state index in [1.807, 2.05) is 26.0 Å². The number of rotatable bonds is 7. The smallest absolute Gasteiger partial charge is 0.120 e. The van der Waals surface area contributed by atoms with Gasteiger partial charge in [0.1, 0.15) is 11.4 Å². The van der Waals surface area contributed by atoms with Crippen molar-refractivity contribution in [3.05, 3.63) is 29.8 Å². The first kappa shape index (κ1) is 16.0. The van der Waals surface area contributed by atoms with Gasteiger partial charge in [-0.25, -0.2) is 0 Å². The number of benzene rings is 1. The van der Waals surface area contributed by atoms with Crippen LogP contribution in [0.15, 0.2) is 24.3 Å². The maximum absolute atomic E-state index is 5.99. The molecule has 0 spiro atoms. The molecule has 0 radical (unpaired) electrons. The van der Waals surface area contributed by atoms with Gasteiger partial charge in [-0.05, 0) is 46.8 Å². The molecule has 0 aliphatic heterocycles. The third-order valence-corrected chi connectivity index (χ3v) is 3.10. The molecule has 0 saturated heterocycles. The summed E-state index contributed by atoms with van der Waals surface area (Å²) in [6.45, 7) is 11.4. The molecule has 3 heteroatoms. The van der Waals surface area contributed by atoms with Gasteiger partial charge in [0, 0.05) is 13.0 Å². The van der Waals surface area contributed by atoms with E-state index in [2.05, 4.69) is 32.9 Å². The molecular weight excluding hydrogens is 238 g/mol. The number of aryl methyl sites for hydroxylation is 1. The Labute approximate surface area is 117 Å². The highest BCUT2D eigenvalue weighted by Crippen LogP contribution is 2.22. The maximum atomic E-state index is 5.99. The predicted octanol–water partition coefficient (Wildman–Crippen LogP) is 3.30. The Balaban J connectivity index is 2.45. The van der Waals surface area contributed by atoms with Gasteiger partial charge in [-0.1, -0.05) is 17.7 Å². The van der Waals surface area contributed by atoms with Gasteiger partial charge in [0.2, 0.25) is 0 Å². The van der Waals surface area contributed by atoms with Crippen LogP contribution >= 0.6 is 0 Å². The number of hydrogen-bond donors (Lipinski definition) is 1. The molecule has 1 rings (SSSR count). The van der Waals surface area contributed by atoms with Crippen molar-refractivity contribution in [1.82, 2.24) is 0 Å². The SMILES string of the molecule is Cc1ccc(OC(C)(C)CCOC(C)(C)CN)cc1. The average Bonchev–Trinajstić information content (AvgIpc) is 2.31. The first-order valence-electron chi connectivity index (χ1n) is 6.84. The van der Waals surface area contributed by atoms with Crippen molar-refractivity contribution < 1.29 is 9.47 Å². The molecule has 3 nitrogen and oxygen atoms in total. The lowest BCUT2D eigenvalue weighted by molar-refractivity contribution is -0.0348. The van der Waals surface area contributed by atoms with E-state index in [1.54, 1.807) is 0 Å². The van der Waals surface area contributed by atoms with Gasteiger partial charge < -0.3 is 15.2 Å². The highest BCUT2D eigenvalue weighted by molar-refractivity contribution is 5.26. The number of hydrogen-bond acceptors (Lipinski definition) is 3. The molecule has 0 saturated carbocycles. The van der Waals surface area contributed by atoms with Crippen LogP contribution in [0.2, 0.25) is 0 Å². The Morgan fingerprint density at radius 1 is 1.00 bits per heavy atom. The quantitative estimate of drug-likeness (QED) is 0.822. The van der Waals surface area contributed by atoms with E-state index in [0.717, 1.165) is 12.2 Å². The number of ether oxygens (including phenoxy) is 2. The molecular formula is C16H27NO2. The number of nitrogens with two attached hydrogens (primary N) is 1. The van der Waals surface area contributed by atoms with Gasteiger partial charge in [-0.3, -0.25) is 0 Å². The van der Waals surface area contributed by atoms with E-state index in [-0.39, 0.29) is 11.2 Å². The highest BCUT2D eigenvalue weighted by atomic mass is 16.5. The van der Waals surface area contributed by atoms with Crippen molar-refractivity contribution in [3.8, 4) is 5.75 Å². The lowest BCUT2D eigenvalue weighted by atomic mass is 10.1. The summed E-state index contributed by atoms with van der Waals surface area (Å²) in [6, 6.07) is 8.11. The van der Waals surface area contributed by atoms with E-state index in [9.17, 15) is 0 Å². The molecule has 0 aromatic heterocycles. The van der Waals surface area contributed by atoms with Crippen molar-refractivity contribution in [1.29, 1.82) is 0 Å². The standard InChI is InChI=1S/C16H27NO2/c1-13-6-8-14(9-7-13)19-15(2,3)10-11-18-16(4,5)12-17/h6-9H,10-12,17H2,1-5H3. The van der Waals surface area contributed by atoms with Gasteiger partial charge in [-0.15, -0.1) is 0 Å². The van der Waals surface area contributed by atoms with Crippen molar-refractivity contribution in [2.45, 2.75) is 52.2 Å². The van der Waals surface area contributed by atoms with Gasteiger partial charge in [0.15, 0.2) is 0 Å². The minimum absolute atomic E-state index is 0.250. The van der Waals surface area contributed by atoms with Crippen LogP contribution in [-0.2, 0) is 4.74 Å². The molecule has 2 N–H and O–H groups in total. The molecule has 0 unspecified atom stereocenters. The molecule has 1 aromatic carbocycles. The van der Waals surface area contributed by atoms with Crippen LogP contribution in [0.3, 0.4) is 0 Å². The Morgan fingerprint density at radius 2 is 1.58 bits per heavy atom. The Hall–Kier alpha value is -1.06. The topological polar surface area (TPSA) is 44.5 Å². The molecule has 0 heterocycles. The molecule has 0 fully saturated rings. The third kappa shape index (κ3) is 6.08. The molecule has 108 valence electrons. The molecule has 0 bridgehead atoms. The van der Waals surface area contributed by atoms with Crippen molar-refractivity contribution in [2.24, 2.45) is 5.73 Å². The van der Waals surface area contributed by atoms with Crippen molar-refractivity contribution in [2.75, 3.05) is 13.2 Å². The van der Waals surface area contributed by atoms with E-state index < -0.39 is 0 Å². The fourth-order valence-corrected chi connectivity index (χ4v) is 1.61. The minimum atomic E-state index is -0.264. The van der Waals surface area contributed by atoms with Crippen LogP contribution in [-0.4, -0.2) is 24.4 Å². The zero-order chi connectivity index (χ0) is 14.5. The van der Waals surface area contributed by atoms with Crippen molar-refractivity contribution in [3.63, 3.8) is 0 Å². The molecule has 0 atom stereocenters. The fourth-order valence-electron chi connectivity index (χ4n) is 1.61. The van der Waals surface area contributed by atoms with E-state index in [1.165, 1.54) is 5.56 Å². The van der Waals surface area contributed by atoms with Crippen LogP contribution in [0.1, 0.15) is 39.7 Å². The Kier molecular flexibility index (Phi) is 5.39. The largest absolute Gasteiger partial charge is 0.488 e. The summed E-state index contributed by atoms with van der Waals surface area (Å²) in [6.07, 6.45) is 0.824. The summed E-state index contributed by atoms with van der Waals surface area (Å²) < 4.78 is 11.8. The zero-order valence-corrected chi connectivity index (χ0v) is 12.8. The lowest BCUT2D eigenvalue weighted by Gasteiger charge is -2.29. The van der Waals surface area contributed by atoms with Crippen LogP contribution < -0.4 is 10.5 Å². The summed E-state index contributed by atoms with van der Waals surface area (Å²) >= 11 is 0. The predicted molar refractivity (Wildman–Crippen MR) is 79.6 cm³/mol.